The Morgan fingerprint density at radius 3 is 2.70 bits per heavy atom. The molecule has 30 heavy (non-hydrogen) atoms. The molecule has 0 bridgehead atoms. The number of aromatic nitrogens is 3. The van der Waals surface area contributed by atoms with E-state index in [4.69, 9.17) is 10.00 Å². The minimum atomic E-state index is -0.613. The highest BCUT2D eigenvalue weighted by atomic mass is 32.1. The van der Waals surface area contributed by atoms with Crippen molar-refractivity contribution >= 4 is 38.4 Å². The number of thiophene rings is 1. The predicted octanol–water partition coefficient (Wildman–Crippen LogP) is 2.44. The van der Waals surface area contributed by atoms with Gasteiger partial charge >= 0.3 is 11.7 Å². The van der Waals surface area contributed by atoms with Gasteiger partial charge in [-0.2, -0.15) is 5.26 Å². The second-order valence-electron chi connectivity index (χ2n) is 6.79. The summed E-state index contributed by atoms with van der Waals surface area (Å²) in [7, 11) is 2.67. The second kappa shape index (κ2) is 7.31. The maximum atomic E-state index is 12.9. The number of carbonyl (C=O) groups excluding carboxylic acids is 1. The molecule has 0 aliphatic rings. The zero-order chi connectivity index (χ0) is 21.6. The van der Waals surface area contributed by atoms with E-state index in [1.807, 2.05) is 29.8 Å². The van der Waals surface area contributed by atoms with Crippen molar-refractivity contribution in [2.24, 2.45) is 7.05 Å². The van der Waals surface area contributed by atoms with Gasteiger partial charge in [0.2, 0.25) is 0 Å². The molecule has 0 saturated heterocycles. The molecule has 0 saturated carbocycles. The van der Waals surface area contributed by atoms with Crippen LogP contribution in [0.15, 0.2) is 40.1 Å². The maximum absolute atomic E-state index is 12.9. The minimum Gasteiger partial charge on any atom is -0.465 e. The lowest BCUT2D eigenvalue weighted by Crippen LogP contribution is -2.37. The summed E-state index contributed by atoms with van der Waals surface area (Å²) in [5, 5.41) is 10.2. The Labute approximate surface area is 174 Å². The zero-order valence-electron chi connectivity index (χ0n) is 16.6. The van der Waals surface area contributed by atoms with E-state index < -0.39 is 17.2 Å². The molecule has 3 aromatic heterocycles. The van der Waals surface area contributed by atoms with E-state index in [-0.39, 0.29) is 10.9 Å². The summed E-state index contributed by atoms with van der Waals surface area (Å²) in [4.78, 5) is 39.1. The quantitative estimate of drug-likeness (QED) is 0.471. The van der Waals surface area contributed by atoms with Crippen LogP contribution in [0.4, 0.5) is 0 Å². The van der Waals surface area contributed by atoms with Crippen molar-refractivity contribution in [2.45, 2.75) is 20.0 Å². The molecule has 4 rings (SSSR count). The summed E-state index contributed by atoms with van der Waals surface area (Å²) >= 11 is 1.25. The Morgan fingerprint density at radius 2 is 2.03 bits per heavy atom. The normalized spacial score (nSPS) is 11.1. The summed E-state index contributed by atoms with van der Waals surface area (Å²) in [6.07, 6.45) is 1.86. The lowest BCUT2D eigenvalue weighted by atomic mass is 10.1. The van der Waals surface area contributed by atoms with E-state index >= 15 is 0 Å². The molecule has 0 amide bonds. The van der Waals surface area contributed by atoms with Crippen molar-refractivity contribution in [1.82, 2.24) is 13.7 Å². The molecule has 0 N–H and O–H groups in total. The molecule has 1 aromatic carbocycles. The molecular weight excluding hydrogens is 404 g/mol. The van der Waals surface area contributed by atoms with Crippen LogP contribution in [0.2, 0.25) is 0 Å². The van der Waals surface area contributed by atoms with Gasteiger partial charge in [-0.1, -0.05) is 0 Å². The average Bonchev–Trinajstić information content (AvgIpc) is 3.33. The van der Waals surface area contributed by atoms with Crippen LogP contribution in [0.25, 0.3) is 21.1 Å². The number of hydrogen-bond donors (Lipinski definition) is 0. The molecule has 9 heteroatoms. The molecule has 152 valence electrons. The van der Waals surface area contributed by atoms with Crippen LogP contribution < -0.4 is 11.2 Å². The first kappa shape index (κ1) is 19.7. The number of ether oxygens (including phenoxy) is 1. The number of aryl methyl sites for hydroxylation is 1. The Kier molecular flexibility index (Phi) is 4.79. The molecule has 3 heterocycles. The largest absolute Gasteiger partial charge is 0.465 e. The van der Waals surface area contributed by atoms with E-state index in [0.717, 1.165) is 15.5 Å². The highest BCUT2D eigenvalue weighted by Gasteiger charge is 2.26. The topological polar surface area (TPSA) is 99.0 Å². The van der Waals surface area contributed by atoms with Gasteiger partial charge in [0.1, 0.15) is 4.83 Å². The van der Waals surface area contributed by atoms with E-state index in [0.29, 0.717) is 28.4 Å². The van der Waals surface area contributed by atoms with Gasteiger partial charge in [-0.25, -0.2) is 9.59 Å². The van der Waals surface area contributed by atoms with Gasteiger partial charge in [0.15, 0.2) is 0 Å². The van der Waals surface area contributed by atoms with Crippen molar-refractivity contribution in [3.63, 3.8) is 0 Å². The fourth-order valence-electron chi connectivity index (χ4n) is 3.65. The van der Waals surface area contributed by atoms with Crippen molar-refractivity contribution in [3.8, 4) is 6.07 Å². The molecule has 0 spiro atoms. The number of methoxy groups -OCH3 is 1. The fraction of sp³-hybridized carbons (Fsp3) is 0.238. The number of nitriles is 1. The average molecular weight is 422 g/mol. The van der Waals surface area contributed by atoms with Crippen LogP contribution in [0.5, 0.6) is 0 Å². The van der Waals surface area contributed by atoms with Crippen LogP contribution in [0.1, 0.15) is 27.7 Å². The van der Waals surface area contributed by atoms with E-state index in [2.05, 4.69) is 6.07 Å². The van der Waals surface area contributed by atoms with Crippen molar-refractivity contribution in [1.29, 1.82) is 5.26 Å². The number of fused-ring (bicyclic) bond motifs is 2. The Hall–Kier alpha value is -3.64. The molecule has 0 atom stereocenters. The number of rotatable bonds is 4. The highest BCUT2D eigenvalue weighted by Crippen LogP contribution is 2.31. The molecular formula is C21H18N4O4S. The number of hydrogen-bond acceptors (Lipinski definition) is 6. The number of esters is 1. The van der Waals surface area contributed by atoms with E-state index in [9.17, 15) is 14.4 Å². The summed E-state index contributed by atoms with van der Waals surface area (Å²) in [5.41, 5.74) is 0.708. The first-order chi connectivity index (χ1) is 14.4. The Bertz CT molecular complexity index is 1480. The van der Waals surface area contributed by atoms with Crippen molar-refractivity contribution < 1.29 is 9.53 Å². The monoisotopic (exact) mass is 422 g/mol. The third-order valence-corrected chi connectivity index (χ3v) is 6.36. The van der Waals surface area contributed by atoms with Crippen LogP contribution in [0.3, 0.4) is 0 Å². The van der Waals surface area contributed by atoms with Crippen LogP contribution in [0, 0.1) is 11.3 Å². The third-order valence-electron chi connectivity index (χ3n) is 5.16. The highest BCUT2D eigenvalue weighted by molar-refractivity contribution is 7.19. The molecule has 0 aliphatic heterocycles. The van der Waals surface area contributed by atoms with E-state index in [1.54, 1.807) is 12.1 Å². The fourth-order valence-corrected chi connectivity index (χ4v) is 4.98. The summed E-state index contributed by atoms with van der Waals surface area (Å²) in [5.74, 6) is -0.613. The van der Waals surface area contributed by atoms with Crippen LogP contribution in [-0.4, -0.2) is 26.8 Å². The zero-order valence-corrected chi connectivity index (χ0v) is 17.4. The van der Waals surface area contributed by atoms with Gasteiger partial charge in [-0.3, -0.25) is 13.9 Å². The van der Waals surface area contributed by atoms with Gasteiger partial charge in [0.05, 0.1) is 36.2 Å². The van der Waals surface area contributed by atoms with E-state index in [1.165, 1.54) is 30.1 Å². The third kappa shape index (κ3) is 2.84. The van der Waals surface area contributed by atoms with Crippen LogP contribution in [-0.2, 0) is 24.9 Å². The number of nitrogens with zero attached hydrogens (tertiary/aromatic N) is 4. The summed E-state index contributed by atoms with van der Waals surface area (Å²) in [6, 6.07) is 9.38. The van der Waals surface area contributed by atoms with Gasteiger partial charge < -0.3 is 9.30 Å². The number of carbonyl (C=O) groups is 1. The first-order valence-corrected chi connectivity index (χ1v) is 10.0. The minimum absolute atomic E-state index is 0.191. The number of benzene rings is 1. The summed E-state index contributed by atoms with van der Waals surface area (Å²) in [6.45, 7) is 2.50. The van der Waals surface area contributed by atoms with Gasteiger partial charge in [0, 0.05) is 35.6 Å². The predicted molar refractivity (Wildman–Crippen MR) is 114 cm³/mol. The van der Waals surface area contributed by atoms with Gasteiger partial charge in [-0.15, -0.1) is 11.3 Å². The second-order valence-corrected chi connectivity index (χ2v) is 7.88. The Balaban J connectivity index is 1.99. The van der Waals surface area contributed by atoms with Gasteiger partial charge in [-0.05, 0) is 31.2 Å². The molecule has 0 unspecified atom stereocenters. The van der Waals surface area contributed by atoms with Crippen molar-refractivity contribution in [3.05, 3.63) is 67.3 Å². The smallest absolute Gasteiger partial charge is 0.339 e. The first-order valence-electron chi connectivity index (χ1n) is 9.23. The standard InChI is InChI=1S/C21H18N4O4S/c1-4-25-19-17(18(26)23(2)21(25)28)16(20(27)29-3)15(30-19)11-24-8-7-13-9-12(10-22)5-6-14(13)24/h5-9H,4,11H2,1-3H3. The molecule has 0 fully saturated rings. The maximum Gasteiger partial charge on any atom is 0.339 e. The molecule has 8 nitrogen and oxygen atoms in total. The van der Waals surface area contributed by atoms with Gasteiger partial charge in [0.25, 0.3) is 5.56 Å². The SMILES string of the molecule is CCn1c(=O)n(C)c(=O)c2c(C(=O)OC)c(Cn3ccc4cc(C#N)ccc43)sc21. The lowest BCUT2D eigenvalue weighted by Gasteiger charge is -2.07. The Morgan fingerprint density at radius 1 is 1.27 bits per heavy atom. The summed E-state index contributed by atoms with van der Waals surface area (Å²) < 4.78 is 9.41. The van der Waals surface area contributed by atoms with Crippen molar-refractivity contribution in [2.75, 3.05) is 7.11 Å². The molecule has 0 aliphatic carbocycles. The van der Waals surface area contributed by atoms with Crippen LogP contribution >= 0.6 is 11.3 Å². The molecule has 0 radical (unpaired) electrons. The lowest BCUT2D eigenvalue weighted by molar-refractivity contribution is 0.0602. The molecule has 4 aromatic rings.